The summed E-state index contributed by atoms with van der Waals surface area (Å²) >= 11 is 0. The van der Waals surface area contributed by atoms with Crippen molar-refractivity contribution in [2.75, 3.05) is 44.3 Å². The number of anilines is 1. The number of aromatic nitrogens is 3. The number of hydrogen-bond donors (Lipinski definition) is 2. The Morgan fingerprint density at radius 2 is 2.18 bits per heavy atom. The molecule has 1 amide bonds. The van der Waals surface area contributed by atoms with Crippen molar-refractivity contribution in [1.82, 2.24) is 25.4 Å². The van der Waals surface area contributed by atoms with Crippen molar-refractivity contribution in [3.63, 3.8) is 0 Å². The largest absolute Gasteiger partial charge is 0.378 e. The van der Waals surface area contributed by atoms with Gasteiger partial charge in [-0.05, 0) is 43.1 Å². The third-order valence-electron chi connectivity index (χ3n) is 5.08. The number of ether oxygens (including phenoxy) is 1. The van der Waals surface area contributed by atoms with E-state index in [4.69, 9.17) is 4.74 Å². The summed E-state index contributed by atoms with van der Waals surface area (Å²) in [4.78, 5) is 19.1. The van der Waals surface area contributed by atoms with Crippen LogP contribution in [0.25, 0.3) is 0 Å². The van der Waals surface area contributed by atoms with Gasteiger partial charge < -0.3 is 20.3 Å². The third kappa shape index (κ3) is 5.01. The molecule has 0 bridgehead atoms. The number of amides is 1. The number of nitrogens with one attached hydrogen (secondary N) is 2. The number of pyridine rings is 1. The summed E-state index contributed by atoms with van der Waals surface area (Å²) in [6, 6.07) is 6.07. The van der Waals surface area contributed by atoms with Gasteiger partial charge in [-0.3, -0.25) is 9.48 Å². The van der Waals surface area contributed by atoms with Crippen molar-refractivity contribution in [2.24, 2.45) is 0 Å². The van der Waals surface area contributed by atoms with Crippen LogP contribution in [0, 0.1) is 0 Å². The molecule has 1 atom stereocenters. The van der Waals surface area contributed by atoms with E-state index >= 15 is 0 Å². The SMILES string of the molecule is Cl.O=C(NCc1ccnc(N2CCOCC2)c1)c1ccn(C2CCCNC2)n1. The molecule has 2 aromatic heterocycles. The summed E-state index contributed by atoms with van der Waals surface area (Å²) in [5.41, 5.74) is 1.48. The molecule has 0 aliphatic carbocycles. The molecule has 8 nitrogen and oxygen atoms in total. The molecule has 152 valence electrons. The van der Waals surface area contributed by atoms with Crippen molar-refractivity contribution in [3.8, 4) is 0 Å². The molecular weight excluding hydrogens is 380 g/mol. The van der Waals surface area contributed by atoms with Gasteiger partial charge in [0.2, 0.25) is 0 Å². The zero-order valence-corrected chi connectivity index (χ0v) is 16.7. The van der Waals surface area contributed by atoms with Crippen molar-refractivity contribution < 1.29 is 9.53 Å². The first-order valence-electron chi connectivity index (χ1n) is 9.61. The smallest absolute Gasteiger partial charge is 0.272 e. The zero-order valence-electron chi connectivity index (χ0n) is 15.8. The van der Waals surface area contributed by atoms with E-state index in [9.17, 15) is 4.79 Å². The van der Waals surface area contributed by atoms with Crippen LogP contribution in [0.3, 0.4) is 0 Å². The van der Waals surface area contributed by atoms with Gasteiger partial charge >= 0.3 is 0 Å². The molecule has 2 fully saturated rings. The van der Waals surface area contributed by atoms with Crippen LogP contribution in [0.1, 0.15) is 34.9 Å². The first-order valence-corrected chi connectivity index (χ1v) is 9.61. The van der Waals surface area contributed by atoms with Gasteiger partial charge in [0.05, 0.1) is 19.3 Å². The van der Waals surface area contributed by atoms with Crippen LogP contribution >= 0.6 is 12.4 Å². The molecule has 2 saturated heterocycles. The molecule has 2 aliphatic heterocycles. The molecular formula is C19H27ClN6O2. The van der Waals surface area contributed by atoms with Gasteiger partial charge in [-0.1, -0.05) is 0 Å². The number of rotatable bonds is 5. The van der Waals surface area contributed by atoms with Gasteiger partial charge in [-0.15, -0.1) is 12.4 Å². The Hall–Kier alpha value is -2.16. The molecule has 9 heteroatoms. The number of carbonyl (C=O) groups is 1. The Labute approximate surface area is 171 Å². The minimum Gasteiger partial charge on any atom is -0.378 e. The van der Waals surface area contributed by atoms with Crippen molar-refractivity contribution >= 4 is 24.1 Å². The van der Waals surface area contributed by atoms with Crippen molar-refractivity contribution in [2.45, 2.75) is 25.4 Å². The predicted molar refractivity (Wildman–Crippen MR) is 109 cm³/mol. The molecule has 4 rings (SSSR count). The molecule has 0 radical (unpaired) electrons. The summed E-state index contributed by atoms with van der Waals surface area (Å²) in [5.74, 6) is 0.779. The van der Waals surface area contributed by atoms with Gasteiger partial charge in [0, 0.05) is 38.6 Å². The summed E-state index contributed by atoms with van der Waals surface area (Å²) < 4.78 is 7.29. The van der Waals surface area contributed by atoms with E-state index in [1.54, 1.807) is 12.3 Å². The van der Waals surface area contributed by atoms with Crippen LogP contribution in [0.2, 0.25) is 0 Å². The lowest BCUT2D eigenvalue weighted by Gasteiger charge is -2.28. The fourth-order valence-corrected chi connectivity index (χ4v) is 3.53. The Kier molecular flexibility index (Phi) is 7.24. The molecule has 2 aliphatic rings. The van der Waals surface area contributed by atoms with Crippen LogP contribution in [-0.2, 0) is 11.3 Å². The van der Waals surface area contributed by atoms with Crippen LogP contribution in [0.15, 0.2) is 30.6 Å². The van der Waals surface area contributed by atoms with Crippen LogP contribution in [0.5, 0.6) is 0 Å². The maximum atomic E-state index is 12.5. The van der Waals surface area contributed by atoms with Crippen LogP contribution in [0.4, 0.5) is 5.82 Å². The molecule has 1 unspecified atom stereocenters. The van der Waals surface area contributed by atoms with Gasteiger partial charge in [0.25, 0.3) is 5.91 Å². The van der Waals surface area contributed by atoms with E-state index in [0.717, 1.165) is 63.6 Å². The summed E-state index contributed by atoms with van der Waals surface area (Å²) in [6.45, 7) is 5.56. The summed E-state index contributed by atoms with van der Waals surface area (Å²) in [5, 5.41) is 10.8. The highest BCUT2D eigenvalue weighted by Gasteiger charge is 2.18. The second-order valence-electron chi connectivity index (χ2n) is 6.99. The number of carbonyl (C=O) groups excluding carboxylic acids is 1. The maximum absolute atomic E-state index is 12.5. The topological polar surface area (TPSA) is 84.3 Å². The second-order valence-corrected chi connectivity index (χ2v) is 6.99. The van der Waals surface area contributed by atoms with Crippen molar-refractivity contribution in [3.05, 3.63) is 41.9 Å². The number of hydrogen-bond acceptors (Lipinski definition) is 6. The highest BCUT2D eigenvalue weighted by molar-refractivity contribution is 5.92. The lowest BCUT2D eigenvalue weighted by molar-refractivity contribution is 0.0944. The van der Waals surface area contributed by atoms with E-state index in [-0.39, 0.29) is 18.3 Å². The second kappa shape index (κ2) is 9.86. The Bertz CT molecular complexity index is 771. The normalized spacial score (nSPS) is 19.7. The highest BCUT2D eigenvalue weighted by atomic mass is 35.5. The maximum Gasteiger partial charge on any atom is 0.272 e. The predicted octanol–water partition coefficient (Wildman–Crippen LogP) is 1.39. The molecule has 2 aromatic rings. The summed E-state index contributed by atoms with van der Waals surface area (Å²) in [6.07, 6.45) is 5.92. The highest BCUT2D eigenvalue weighted by Crippen LogP contribution is 2.16. The van der Waals surface area contributed by atoms with E-state index in [1.807, 2.05) is 23.0 Å². The van der Waals surface area contributed by atoms with E-state index in [1.165, 1.54) is 0 Å². The third-order valence-corrected chi connectivity index (χ3v) is 5.08. The quantitative estimate of drug-likeness (QED) is 0.780. The number of piperidine rings is 1. The standard InChI is InChI=1S/C19H26N6O2.ClH/c26-19(17-4-7-25(23-17)16-2-1-5-20-14-16)22-13-15-3-6-21-18(12-15)24-8-10-27-11-9-24;/h3-4,6-7,12,16,20H,1-2,5,8-11,13-14H2,(H,22,26);1H. The minimum absolute atomic E-state index is 0. The minimum atomic E-state index is -0.151. The zero-order chi connectivity index (χ0) is 18.5. The number of morpholine rings is 1. The average Bonchev–Trinajstić information content (AvgIpc) is 3.24. The van der Waals surface area contributed by atoms with Gasteiger partial charge in [-0.2, -0.15) is 5.10 Å². The molecule has 2 N–H and O–H groups in total. The van der Waals surface area contributed by atoms with E-state index in [2.05, 4.69) is 25.6 Å². The van der Waals surface area contributed by atoms with Crippen LogP contribution in [-0.4, -0.2) is 60.1 Å². The molecule has 0 saturated carbocycles. The van der Waals surface area contributed by atoms with Gasteiger partial charge in [0.15, 0.2) is 0 Å². The van der Waals surface area contributed by atoms with Crippen LogP contribution < -0.4 is 15.5 Å². The summed E-state index contributed by atoms with van der Waals surface area (Å²) in [7, 11) is 0. The van der Waals surface area contributed by atoms with E-state index in [0.29, 0.717) is 18.3 Å². The Morgan fingerprint density at radius 1 is 1.32 bits per heavy atom. The molecule has 0 spiro atoms. The first kappa shape index (κ1) is 20.6. The first-order chi connectivity index (χ1) is 13.3. The molecule has 28 heavy (non-hydrogen) atoms. The number of halogens is 1. The Balaban J connectivity index is 0.00000225. The van der Waals surface area contributed by atoms with Gasteiger partial charge in [-0.25, -0.2) is 4.98 Å². The fourth-order valence-electron chi connectivity index (χ4n) is 3.53. The average molecular weight is 407 g/mol. The fraction of sp³-hybridized carbons (Fsp3) is 0.526. The lowest BCUT2D eigenvalue weighted by atomic mass is 10.1. The van der Waals surface area contributed by atoms with Gasteiger partial charge in [0.1, 0.15) is 11.5 Å². The molecule has 4 heterocycles. The lowest BCUT2D eigenvalue weighted by Crippen LogP contribution is -2.36. The Morgan fingerprint density at radius 3 is 2.96 bits per heavy atom. The molecule has 0 aromatic carbocycles. The number of nitrogens with zero attached hydrogens (tertiary/aromatic N) is 4. The van der Waals surface area contributed by atoms with E-state index < -0.39 is 0 Å². The monoisotopic (exact) mass is 406 g/mol. The van der Waals surface area contributed by atoms with Crippen molar-refractivity contribution in [1.29, 1.82) is 0 Å².